The number of Topliss-reactive ketones (excluding diaryl/α,β-unsaturated/α-hetero) is 1. The SMILES string of the molecule is CO[C@H](C)[C@H]1C[C@H](C)C([C@@H](C)/C=C/[C@@H]2CC[C@@H](C)[C@H](/C(=C/[C@H]3CCCC(C)[C@@H]3[C@H](C)/C(O)=C3/C(=O)COC3=O)CO)O2)O1. The molecule has 4 fully saturated rings. The fourth-order valence-electron chi connectivity index (χ4n) is 8.06. The van der Waals surface area contributed by atoms with E-state index >= 15 is 0 Å². The molecule has 0 amide bonds. The Morgan fingerprint density at radius 1 is 1.02 bits per heavy atom. The van der Waals surface area contributed by atoms with Crippen LogP contribution in [0.2, 0.25) is 0 Å². The van der Waals surface area contributed by atoms with Crippen molar-refractivity contribution in [3.63, 3.8) is 0 Å². The van der Waals surface area contributed by atoms with E-state index in [-0.39, 0.29) is 84.7 Å². The first-order valence-electron chi connectivity index (χ1n) is 16.4. The Morgan fingerprint density at radius 3 is 2.42 bits per heavy atom. The van der Waals surface area contributed by atoms with Gasteiger partial charge in [-0.25, -0.2) is 4.79 Å². The van der Waals surface area contributed by atoms with Gasteiger partial charge in [0.25, 0.3) is 0 Å². The van der Waals surface area contributed by atoms with E-state index in [9.17, 15) is 19.8 Å². The monoisotopic (exact) mass is 602 g/mol. The second kappa shape index (κ2) is 14.9. The van der Waals surface area contributed by atoms with Gasteiger partial charge >= 0.3 is 5.97 Å². The van der Waals surface area contributed by atoms with E-state index in [4.69, 9.17) is 18.9 Å². The lowest BCUT2D eigenvalue weighted by atomic mass is 9.66. The van der Waals surface area contributed by atoms with Crippen LogP contribution < -0.4 is 0 Å². The van der Waals surface area contributed by atoms with Gasteiger partial charge in [0, 0.05) is 18.9 Å². The number of carbonyl (C=O) groups excluding carboxylic acids is 2. The lowest BCUT2D eigenvalue weighted by Crippen LogP contribution is -2.37. The predicted molar refractivity (Wildman–Crippen MR) is 164 cm³/mol. The minimum atomic E-state index is -0.739. The largest absolute Gasteiger partial charge is 0.511 e. The molecule has 2 unspecified atom stereocenters. The number of aliphatic hydroxyl groups is 2. The first kappa shape index (κ1) is 33.9. The Hall–Kier alpha value is -2.00. The Kier molecular flexibility index (Phi) is 11.7. The number of allylic oxidation sites excluding steroid dienone is 2. The van der Waals surface area contributed by atoms with Gasteiger partial charge in [0.15, 0.2) is 6.61 Å². The summed E-state index contributed by atoms with van der Waals surface area (Å²) in [6, 6.07) is 0. The molecule has 8 heteroatoms. The van der Waals surface area contributed by atoms with Gasteiger partial charge in [-0.05, 0) is 67.8 Å². The molecular formula is C35H54O8. The minimum absolute atomic E-state index is 0.0116. The van der Waals surface area contributed by atoms with Gasteiger partial charge in [0.05, 0.1) is 37.1 Å². The standard InChI is InChI=1S/C35H54O8/c1-19-9-8-10-25(30(19)23(5)32(38)31-28(37)18-41-35(31)39)16-26(17-36)34-21(3)12-14-27(42-34)13-11-20(2)33-22(4)15-29(43-33)24(6)40-7/h11,13,16,19-25,27,29-30,33-34,36,38H,8-10,12,14-15,17-18H2,1-7H3/b13-11+,26-16+,32-31+/t19?,20-,21+,22-,23-,24+,25+,27+,29+,30+,33?,34+/m0/s1. The van der Waals surface area contributed by atoms with E-state index in [1.54, 1.807) is 7.11 Å². The number of ether oxygens (including phenoxy) is 4. The number of rotatable bonds is 10. The van der Waals surface area contributed by atoms with E-state index < -0.39 is 17.7 Å². The summed E-state index contributed by atoms with van der Waals surface area (Å²) in [4.78, 5) is 24.4. The van der Waals surface area contributed by atoms with E-state index in [0.717, 1.165) is 44.1 Å². The molecule has 43 heavy (non-hydrogen) atoms. The van der Waals surface area contributed by atoms with Crippen molar-refractivity contribution in [2.45, 2.75) is 111 Å². The van der Waals surface area contributed by atoms with Crippen molar-refractivity contribution in [2.24, 2.45) is 41.4 Å². The van der Waals surface area contributed by atoms with Gasteiger partial charge in [0.2, 0.25) is 5.78 Å². The summed E-state index contributed by atoms with van der Waals surface area (Å²) in [5.41, 5.74) is 0.673. The minimum Gasteiger partial charge on any atom is -0.511 e. The van der Waals surface area contributed by atoms with E-state index in [1.807, 2.05) is 6.92 Å². The van der Waals surface area contributed by atoms with Gasteiger partial charge in [-0.15, -0.1) is 0 Å². The topological polar surface area (TPSA) is 112 Å². The molecule has 3 aliphatic heterocycles. The Bertz CT molecular complexity index is 1060. The molecule has 4 aliphatic rings. The highest BCUT2D eigenvalue weighted by Crippen LogP contribution is 2.44. The Balaban J connectivity index is 1.48. The Labute approximate surface area is 257 Å². The van der Waals surface area contributed by atoms with E-state index in [1.165, 1.54) is 0 Å². The fourth-order valence-corrected chi connectivity index (χ4v) is 8.06. The van der Waals surface area contributed by atoms with Gasteiger partial charge in [-0.3, -0.25) is 4.79 Å². The van der Waals surface area contributed by atoms with Crippen molar-refractivity contribution in [2.75, 3.05) is 20.3 Å². The molecule has 8 nitrogen and oxygen atoms in total. The number of methoxy groups -OCH3 is 1. The van der Waals surface area contributed by atoms with Crippen LogP contribution in [-0.2, 0) is 28.5 Å². The average Bonchev–Trinajstić information content (AvgIpc) is 3.55. The molecule has 1 aliphatic carbocycles. The molecule has 0 radical (unpaired) electrons. The van der Waals surface area contributed by atoms with E-state index in [0.29, 0.717) is 5.92 Å². The quantitative estimate of drug-likeness (QED) is 0.107. The highest BCUT2D eigenvalue weighted by Gasteiger charge is 2.41. The maximum absolute atomic E-state index is 12.3. The van der Waals surface area contributed by atoms with Gasteiger partial charge in [-0.2, -0.15) is 0 Å². The van der Waals surface area contributed by atoms with E-state index in [2.05, 4.69) is 52.8 Å². The summed E-state index contributed by atoms with van der Waals surface area (Å²) in [5.74, 6) is -0.447. The molecule has 0 aromatic heterocycles. The van der Waals surface area contributed by atoms with Gasteiger partial charge in [0.1, 0.15) is 11.3 Å². The van der Waals surface area contributed by atoms with Gasteiger partial charge in [-0.1, -0.05) is 65.7 Å². The fraction of sp³-hybridized carbons (Fsp3) is 0.771. The van der Waals surface area contributed by atoms with Crippen molar-refractivity contribution < 1.29 is 38.7 Å². The van der Waals surface area contributed by atoms with Crippen molar-refractivity contribution >= 4 is 11.8 Å². The zero-order valence-corrected chi connectivity index (χ0v) is 27.2. The second-order valence-electron chi connectivity index (χ2n) is 13.8. The molecule has 0 aromatic rings. The zero-order chi connectivity index (χ0) is 31.4. The van der Waals surface area contributed by atoms with Crippen molar-refractivity contribution in [3.05, 3.63) is 35.1 Å². The number of hydrogen-bond donors (Lipinski definition) is 2. The molecule has 0 bridgehead atoms. The molecule has 1 saturated carbocycles. The maximum atomic E-state index is 12.3. The van der Waals surface area contributed by atoms with Crippen LogP contribution in [0.4, 0.5) is 0 Å². The first-order valence-corrected chi connectivity index (χ1v) is 16.4. The molecule has 3 saturated heterocycles. The normalized spacial score (nSPS) is 39.2. The Morgan fingerprint density at radius 2 is 1.77 bits per heavy atom. The number of cyclic esters (lactones) is 1. The highest BCUT2D eigenvalue weighted by atomic mass is 16.6. The molecule has 4 rings (SSSR count). The third-order valence-corrected chi connectivity index (χ3v) is 10.7. The molecule has 0 aromatic carbocycles. The third kappa shape index (κ3) is 7.63. The smallest absolute Gasteiger partial charge is 0.345 e. The van der Waals surface area contributed by atoms with Crippen LogP contribution in [0.1, 0.15) is 80.1 Å². The summed E-state index contributed by atoms with van der Waals surface area (Å²) in [6.07, 6.45) is 12.5. The molecule has 242 valence electrons. The van der Waals surface area contributed by atoms with Crippen LogP contribution in [0.5, 0.6) is 0 Å². The molecular weight excluding hydrogens is 548 g/mol. The third-order valence-electron chi connectivity index (χ3n) is 10.7. The second-order valence-corrected chi connectivity index (χ2v) is 13.8. The molecule has 2 N–H and O–H groups in total. The summed E-state index contributed by atoms with van der Waals surface area (Å²) in [6.45, 7) is 12.3. The predicted octanol–water partition coefficient (Wildman–Crippen LogP) is 5.74. The summed E-state index contributed by atoms with van der Waals surface area (Å²) in [7, 11) is 1.73. The van der Waals surface area contributed by atoms with Crippen LogP contribution in [0.25, 0.3) is 0 Å². The van der Waals surface area contributed by atoms with Crippen molar-refractivity contribution in [1.82, 2.24) is 0 Å². The van der Waals surface area contributed by atoms with Crippen molar-refractivity contribution in [1.29, 1.82) is 0 Å². The first-order chi connectivity index (χ1) is 20.5. The number of ketones is 1. The summed E-state index contributed by atoms with van der Waals surface area (Å²) < 4.78 is 23.4. The summed E-state index contributed by atoms with van der Waals surface area (Å²) >= 11 is 0. The number of hydrogen-bond acceptors (Lipinski definition) is 8. The molecule has 3 heterocycles. The van der Waals surface area contributed by atoms with Gasteiger partial charge < -0.3 is 29.2 Å². The lowest BCUT2D eigenvalue weighted by molar-refractivity contribution is -0.135. The van der Waals surface area contributed by atoms with Crippen LogP contribution in [0.3, 0.4) is 0 Å². The number of carbonyl (C=O) groups is 2. The van der Waals surface area contributed by atoms with Crippen LogP contribution in [-0.4, -0.2) is 72.8 Å². The van der Waals surface area contributed by atoms with Crippen LogP contribution in [0.15, 0.2) is 35.1 Å². The zero-order valence-electron chi connectivity index (χ0n) is 27.2. The maximum Gasteiger partial charge on any atom is 0.345 e. The summed E-state index contributed by atoms with van der Waals surface area (Å²) in [5, 5.41) is 21.6. The number of esters is 1. The van der Waals surface area contributed by atoms with Crippen LogP contribution in [0, 0.1) is 41.4 Å². The highest BCUT2D eigenvalue weighted by molar-refractivity contribution is 6.22. The molecule has 0 spiro atoms. The van der Waals surface area contributed by atoms with Crippen LogP contribution >= 0.6 is 0 Å². The lowest BCUT2D eigenvalue weighted by Gasteiger charge is -2.41. The number of aliphatic hydroxyl groups excluding tert-OH is 2. The average molecular weight is 603 g/mol. The molecule has 12 atom stereocenters. The van der Waals surface area contributed by atoms with Crippen molar-refractivity contribution in [3.8, 4) is 0 Å².